The molecule has 0 bridgehead atoms. The highest BCUT2D eigenvalue weighted by atomic mass is 28.4. The predicted octanol–water partition coefficient (Wildman–Crippen LogP) is 4.83. The van der Waals surface area contributed by atoms with Crippen molar-refractivity contribution in [3.8, 4) is 0 Å². The van der Waals surface area contributed by atoms with Gasteiger partial charge in [-0.2, -0.15) is 0 Å². The van der Waals surface area contributed by atoms with Crippen molar-refractivity contribution >= 4 is 24.6 Å². The Bertz CT molecular complexity index is 1130. The van der Waals surface area contributed by atoms with Gasteiger partial charge in [-0.3, -0.25) is 4.79 Å². The summed E-state index contributed by atoms with van der Waals surface area (Å²) >= 11 is 0. The van der Waals surface area contributed by atoms with E-state index in [2.05, 4.69) is 113 Å². The third-order valence-corrected chi connectivity index (χ3v) is 12.9. The number of aryl methyl sites for hydroxylation is 1. The summed E-state index contributed by atoms with van der Waals surface area (Å²) in [4.78, 5) is 15.0. The van der Waals surface area contributed by atoms with E-state index in [0.29, 0.717) is 19.6 Å². The summed E-state index contributed by atoms with van der Waals surface area (Å²) in [5.41, 5.74) is 2.38. The minimum Gasteiger partial charge on any atom is -0.403 e. The van der Waals surface area contributed by atoms with Crippen molar-refractivity contribution in [2.24, 2.45) is 0 Å². The zero-order chi connectivity index (χ0) is 25.3. The maximum Gasteiger partial charge on any atom is 0.261 e. The molecule has 2 aliphatic heterocycles. The van der Waals surface area contributed by atoms with Gasteiger partial charge in [-0.05, 0) is 34.3 Å². The molecule has 5 rings (SSSR count). The highest BCUT2D eigenvalue weighted by molar-refractivity contribution is 6.99. The van der Waals surface area contributed by atoms with Crippen molar-refractivity contribution in [2.75, 3.05) is 6.54 Å². The van der Waals surface area contributed by atoms with E-state index in [4.69, 9.17) is 9.16 Å². The van der Waals surface area contributed by atoms with Gasteiger partial charge < -0.3 is 14.1 Å². The van der Waals surface area contributed by atoms with Crippen LogP contribution in [-0.4, -0.2) is 43.9 Å². The van der Waals surface area contributed by atoms with Gasteiger partial charge in [0.1, 0.15) is 0 Å². The van der Waals surface area contributed by atoms with Crippen LogP contribution < -0.4 is 10.4 Å². The number of fused-ring (bicyclic) bond motifs is 1. The van der Waals surface area contributed by atoms with Crippen LogP contribution in [0.4, 0.5) is 0 Å². The SMILES string of the molecule is Cc1ccc(COC2CC(=O)N3C[C@H](O[Si](c4ccccc4)(c4ccccc4)C(C)(C)C)C[C@@H]23)cc1. The van der Waals surface area contributed by atoms with E-state index in [9.17, 15) is 4.79 Å². The van der Waals surface area contributed by atoms with Gasteiger partial charge in [0.25, 0.3) is 8.32 Å². The number of hydrogen-bond donors (Lipinski definition) is 0. The highest BCUT2D eigenvalue weighted by Gasteiger charge is 2.54. The minimum atomic E-state index is -2.66. The summed E-state index contributed by atoms with van der Waals surface area (Å²) in [5, 5.41) is 2.46. The van der Waals surface area contributed by atoms with Crippen LogP contribution in [0.1, 0.15) is 44.7 Å². The van der Waals surface area contributed by atoms with Crippen molar-refractivity contribution in [1.29, 1.82) is 0 Å². The molecule has 5 heteroatoms. The number of nitrogens with zero attached hydrogens (tertiary/aromatic N) is 1. The molecule has 2 aliphatic rings. The first-order valence-corrected chi connectivity index (χ1v) is 14.9. The van der Waals surface area contributed by atoms with Crippen molar-refractivity contribution in [1.82, 2.24) is 4.90 Å². The van der Waals surface area contributed by atoms with Gasteiger partial charge in [-0.25, -0.2) is 0 Å². The van der Waals surface area contributed by atoms with Crippen LogP contribution in [0.25, 0.3) is 0 Å². The van der Waals surface area contributed by atoms with E-state index in [1.54, 1.807) is 0 Å². The number of carbonyl (C=O) groups is 1. The Kier molecular flexibility index (Phi) is 6.90. The predicted molar refractivity (Wildman–Crippen MR) is 147 cm³/mol. The fourth-order valence-corrected chi connectivity index (χ4v) is 10.7. The van der Waals surface area contributed by atoms with Crippen LogP contribution >= 0.6 is 0 Å². The fourth-order valence-electron chi connectivity index (χ4n) is 5.97. The molecule has 4 nitrogen and oxygen atoms in total. The molecule has 2 heterocycles. The molecule has 0 aliphatic carbocycles. The second-order valence-electron chi connectivity index (χ2n) is 11.3. The summed E-state index contributed by atoms with van der Waals surface area (Å²) < 4.78 is 13.7. The van der Waals surface area contributed by atoms with Crippen LogP contribution in [0.3, 0.4) is 0 Å². The fraction of sp³-hybridized carbons (Fsp3) is 0.387. The lowest BCUT2D eigenvalue weighted by Crippen LogP contribution is -2.67. The smallest absolute Gasteiger partial charge is 0.261 e. The van der Waals surface area contributed by atoms with Crippen LogP contribution in [0.15, 0.2) is 84.9 Å². The normalized spacial score (nSPS) is 22.2. The molecular weight excluding hydrogens is 462 g/mol. The second kappa shape index (κ2) is 9.96. The minimum absolute atomic E-state index is 0.0176. The second-order valence-corrected chi connectivity index (χ2v) is 15.5. The molecule has 0 radical (unpaired) electrons. The summed E-state index contributed by atoms with van der Waals surface area (Å²) in [5.74, 6) is 0.183. The van der Waals surface area contributed by atoms with Crippen molar-refractivity contribution in [3.05, 3.63) is 96.1 Å². The monoisotopic (exact) mass is 499 g/mol. The van der Waals surface area contributed by atoms with E-state index in [-0.39, 0.29) is 29.2 Å². The molecule has 3 aromatic rings. The van der Waals surface area contributed by atoms with E-state index >= 15 is 0 Å². The number of amides is 1. The van der Waals surface area contributed by atoms with Gasteiger partial charge in [-0.15, -0.1) is 0 Å². The average Bonchev–Trinajstić information content (AvgIpc) is 3.42. The van der Waals surface area contributed by atoms with Crippen molar-refractivity contribution in [2.45, 2.75) is 70.4 Å². The zero-order valence-electron chi connectivity index (χ0n) is 21.8. The summed E-state index contributed by atoms with van der Waals surface area (Å²) in [6.07, 6.45) is 1.17. The van der Waals surface area contributed by atoms with Gasteiger partial charge in [0.15, 0.2) is 0 Å². The molecule has 0 saturated carbocycles. The highest BCUT2D eigenvalue weighted by Crippen LogP contribution is 2.41. The van der Waals surface area contributed by atoms with Crippen molar-refractivity contribution in [3.63, 3.8) is 0 Å². The van der Waals surface area contributed by atoms with Gasteiger partial charge in [0, 0.05) is 6.54 Å². The molecule has 1 amide bonds. The molecule has 3 aromatic carbocycles. The Labute approximate surface area is 216 Å². The molecule has 188 valence electrons. The third kappa shape index (κ3) is 4.68. The Morgan fingerprint density at radius 3 is 2.03 bits per heavy atom. The Morgan fingerprint density at radius 2 is 1.47 bits per heavy atom. The number of benzene rings is 3. The number of hydrogen-bond acceptors (Lipinski definition) is 3. The van der Waals surface area contributed by atoms with Crippen LogP contribution in [0.2, 0.25) is 5.04 Å². The third-order valence-electron chi connectivity index (χ3n) is 7.78. The summed E-state index contributed by atoms with van der Waals surface area (Å²) in [6, 6.07) is 30.0. The molecule has 36 heavy (non-hydrogen) atoms. The molecule has 0 aromatic heterocycles. The average molecular weight is 500 g/mol. The quantitative estimate of drug-likeness (QED) is 0.437. The van der Waals surface area contributed by atoms with Gasteiger partial charge >= 0.3 is 0 Å². The molecule has 2 saturated heterocycles. The first-order valence-electron chi connectivity index (χ1n) is 13.0. The topological polar surface area (TPSA) is 38.8 Å². The van der Waals surface area contributed by atoms with Gasteiger partial charge in [-0.1, -0.05) is 111 Å². The molecule has 0 spiro atoms. The molecule has 1 unspecified atom stereocenters. The number of ether oxygens (including phenoxy) is 1. The lowest BCUT2D eigenvalue weighted by atomic mass is 10.1. The first kappa shape index (κ1) is 24.9. The van der Waals surface area contributed by atoms with E-state index in [1.807, 2.05) is 4.90 Å². The maximum atomic E-state index is 13.0. The van der Waals surface area contributed by atoms with Gasteiger partial charge in [0.05, 0.1) is 31.3 Å². The standard InChI is InChI=1S/C31H37NO3Si/c1-23-15-17-24(18-16-23)22-34-29-20-30(33)32-21-25(19-28(29)32)35-36(31(2,3)4,26-11-7-5-8-12-26)27-13-9-6-10-14-27/h5-18,25,28-29H,19-22H2,1-4H3/t25-,28+,29?/m1/s1. The lowest BCUT2D eigenvalue weighted by molar-refractivity contribution is -0.128. The molecule has 2 fully saturated rings. The zero-order valence-corrected chi connectivity index (χ0v) is 22.8. The summed E-state index contributed by atoms with van der Waals surface area (Å²) in [7, 11) is -2.66. The van der Waals surface area contributed by atoms with Crippen LogP contribution in [0.5, 0.6) is 0 Å². The number of rotatable bonds is 7. The Morgan fingerprint density at radius 1 is 0.889 bits per heavy atom. The molecule has 0 N–H and O–H groups in total. The molecular formula is C31H37NO3Si. The van der Waals surface area contributed by atoms with E-state index in [1.165, 1.54) is 15.9 Å². The maximum absolute atomic E-state index is 13.0. The van der Waals surface area contributed by atoms with E-state index in [0.717, 1.165) is 12.0 Å². The van der Waals surface area contributed by atoms with Gasteiger partial charge in [0.2, 0.25) is 5.91 Å². The lowest BCUT2D eigenvalue weighted by Gasteiger charge is -2.44. The number of carbonyl (C=O) groups excluding carboxylic acids is 1. The largest absolute Gasteiger partial charge is 0.403 e. The molecule has 3 atom stereocenters. The van der Waals surface area contributed by atoms with Crippen molar-refractivity contribution < 1.29 is 14.0 Å². The Balaban J connectivity index is 1.40. The first-order chi connectivity index (χ1) is 17.3. The Hall–Kier alpha value is -2.73. The van der Waals surface area contributed by atoms with E-state index < -0.39 is 8.32 Å². The van der Waals surface area contributed by atoms with Crippen LogP contribution in [-0.2, 0) is 20.6 Å². The summed E-state index contributed by atoms with van der Waals surface area (Å²) in [6.45, 7) is 10.2. The van der Waals surface area contributed by atoms with Crippen LogP contribution in [0, 0.1) is 6.92 Å².